The second kappa shape index (κ2) is 11.2. The molecule has 0 atom stereocenters. The van der Waals surface area contributed by atoms with Crippen LogP contribution in [0.1, 0.15) is 43.2 Å². The van der Waals surface area contributed by atoms with Gasteiger partial charge in [0.15, 0.2) is 29.6 Å². The van der Waals surface area contributed by atoms with E-state index in [1.54, 1.807) is 49.4 Å². The van der Waals surface area contributed by atoms with E-state index in [9.17, 15) is 17.6 Å². The largest absolute Gasteiger partial charge is 0.352 e. The minimum absolute atomic E-state index is 0.0883. The first-order chi connectivity index (χ1) is 16.9. The van der Waals surface area contributed by atoms with Crippen molar-refractivity contribution in [2.75, 3.05) is 13.2 Å². The molecule has 184 valence electrons. The second-order valence-corrected chi connectivity index (χ2v) is 8.77. The fourth-order valence-electron chi connectivity index (χ4n) is 4.32. The fraction of sp³-hybridized carbons (Fsp3) is 0.310. The number of ether oxygens (including phenoxy) is 2. The van der Waals surface area contributed by atoms with Crippen molar-refractivity contribution in [3.8, 4) is 22.3 Å². The highest BCUT2D eigenvalue weighted by Gasteiger charge is 2.26. The molecule has 0 N–H and O–H groups in total. The molecule has 4 rings (SSSR count). The maximum atomic E-state index is 14.9. The lowest BCUT2D eigenvalue weighted by molar-refractivity contribution is -0.176. The van der Waals surface area contributed by atoms with E-state index in [0.717, 1.165) is 19.3 Å². The molecule has 0 amide bonds. The summed E-state index contributed by atoms with van der Waals surface area (Å²) in [4.78, 5) is 0. The van der Waals surface area contributed by atoms with Crippen LogP contribution in [0.2, 0.25) is 0 Å². The zero-order valence-corrected chi connectivity index (χ0v) is 19.6. The molecule has 0 spiro atoms. The van der Waals surface area contributed by atoms with Gasteiger partial charge in [-0.2, -0.15) is 0 Å². The summed E-state index contributed by atoms with van der Waals surface area (Å²) in [5.41, 5.74) is 1.64. The van der Waals surface area contributed by atoms with E-state index < -0.39 is 23.3 Å². The van der Waals surface area contributed by atoms with Gasteiger partial charge in [-0.05, 0) is 54.9 Å². The number of aryl methyl sites for hydroxylation is 1. The average molecular weight is 485 g/mol. The maximum absolute atomic E-state index is 14.9. The topological polar surface area (TPSA) is 18.5 Å². The van der Waals surface area contributed by atoms with Crippen LogP contribution in [-0.2, 0) is 15.9 Å². The van der Waals surface area contributed by atoms with E-state index in [2.05, 4.69) is 6.58 Å². The number of halogens is 4. The lowest BCUT2D eigenvalue weighted by atomic mass is 9.94. The first-order valence-corrected chi connectivity index (χ1v) is 11.8. The molecule has 6 heteroatoms. The van der Waals surface area contributed by atoms with Gasteiger partial charge in [-0.25, -0.2) is 17.6 Å². The summed E-state index contributed by atoms with van der Waals surface area (Å²) in [6, 6.07) is 12.5. The smallest absolute Gasteiger partial charge is 0.166 e. The highest BCUT2D eigenvalue weighted by Crippen LogP contribution is 2.33. The Kier molecular flexibility index (Phi) is 8.04. The molecular formula is C29H28F4O2. The van der Waals surface area contributed by atoms with Crippen LogP contribution >= 0.6 is 0 Å². The van der Waals surface area contributed by atoms with E-state index in [1.165, 1.54) is 12.1 Å². The highest BCUT2D eigenvalue weighted by molar-refractivity contribution is 5.71. The van der Waals surface area contributed by atoms with Gasteiger partial charge >= 0.3 is 0 Å². The number of benzene rings is 3. The van der Waals surface area contributed by atoms with E-state index in [4.69, 9.17) is 9.47 Å². The third-order valence-electron chi connectivity index (χ3n) is 6.39. The van der Waals surface area contributed by atoms with Gasteiger partial charge in [0, 0.05) is 17.0 Å². The van der Waals surface area contributed by atoms with Crippen LogP contribution in [-0.4, -0.2) is 19.5 Å². The summed E-state index contributed by atoms with van der Waals surface area (Å²) in [6.07, 6.45) is 4.34. The molecule has 0 aliphatic carbocycles. The Hall–Kier alpha value is -2.96. The van der Waals surface area contributed by atoms with E-state index in [-0.39, 0.29) is 42.1 Å². The molecule has 35 heavy (non-hydrogen) atoms. The van der Waals surface area contributed by atoms with Crippen LogP contribution in [0.25, 0.3) is 22.3 Å². The summed E-state index contributed by atoms with van der Waals surface area (Å²) in [5.74, 6) is -4.05. The Morgan fingerprint density at radius 3 is 1.94 bits per heavy atom. The lowest BCUT2D eigenvalue weighted by Gasteiger charge is -2.28. The molecular weight excluding hydrogens is 456 g/mol. The number of allylic oxidation sites excluding steroid dienone is 1. The Balaban J connectivity index is 1.54. The Morgan fingerprint density at radius 1 is 0.771 bits per heavy atom. The molecule has 0 aromatic heterocycles. The van der Waals surface area contributed by atoms with E-state index >= 15 is 0 Å². The van der Waals surface area contributed by atoms with Crippen LogP contribution in [0, 0.1) is 23.3 Å². The predicted molar refractivity (Wildman–Crippen MR) is 129 cm³/mol. The van der Waals surface area contributed by atoms with Crippen LogP contribution in [0.15, 0.2) is 61.2 Å². The highest BCUT2D eigenvalue weighted by atomic mass is 19.2. The zero-order chi connectivity index (χ0) is 24.9. The van der Waals surface area contributed by atoms with Crippen molar-refractivity contribution >= 4 is 0 Å². The average Bonchev–Trinajstić information content (AvgIpc) is 2.87. The third kappa shape index (κ3) is 5.49. The minimum atomic E-state index is -0.966. The van der Waals surface area contributed by atoms with Gasteiger partial charge < -0.3 is 9.47 Å². The molecule has 0 bridgehead atoms. The molecule has 0 radical (unpaired) electrons. The number of hydrogen-bond acceptors (Lipinski definition) is 2. The molecule has 1 aliphatic heterocycles. The number of unbranched alkanes of at least 4 members (excludes halogenated alkanes) is 2. The first-order valence-electron chi connectivity index (χ1n) is 11.8. The fourth-order valence-corrected chi connectivity index (χ4v) is 4.32. The van der Waals surface area contributed by atoms with Crippen molar-refractivity contribution in [3.63, 3.8) is 0 Å². The molecule has 1 saturated heterocycles. The van der Waals surface area contributed by atoms with Gasteiger partial charge in [-0.15, -0.1) is 6.58 Å². The van der Waals surface area contributed by atoms with Crippen LogP contribution in [0.4, 0.5) is 17.6 Å². The van der Waals surface area contributed by atoms with Gasteiger partial charge in [0.05, 0.1) is 13.2 Å². The lowest BCUT2D eigenvalue weighted by Crippen LogP contribution is -2.29. The Morgan fingerprint density at radius 2 is 1.34 bits per heavy atom. The van der Waals surface area contributed by atoms with E-state index in [1.807, 2.05) is 0 Å². The summed E-state index contributed by atoms with van der Waals surface area (Å²) in [5, 5.41) is 0. The van der Waals surface area contributed by atoms with E-state index in [0.29, 0.717) is 23.1 Å². The van der Waals surface area contributed by atoms with Crippen molar-refractivity contribution in [1.29, 1.82) is 0 Å². The number of rotatable bonds is 8. The van der Waals surface area contributed by atoms with Gasteiger partial charge in [0.2, 0.25) is 0 Å². The summed E-state index contributed by atoms with van der Waals surface area (Å²) in [7, 11) is 0. The Labute approximate surface area is 203 Å². The maximum Gasteiger partial charge on any atom is 0.166 e. The van der Waals surface area contributed by atoms with Crippen molar-refractivity contribution in [2.24, 2.45) is 0 Å². The van der Waals surface area contributed by atoms with Crippen LogP contribution in [0.5, 0.6) is 0 Å². The summed E-state index contributed by atoms with van der Waals surface area (Å²) >= 11 is 0. The van der Waals surface area contributed by atoms with Crippen molar-refractivity contribution < 1.29 is 27.0 Å². The molecule has 3 aromatic rings. The minimum Gasteiger partial charge on any atom is -0.352 e. The molecule has 1 heterocycles. The van der Waals surface area contributed by atoms with Gasteiger partial charge in [-0.1, -0.05) is 54.6 Å². The van der Waals surface area contributed by atoms with Crippen LogP contribution in [0.3, 0.4) is 0 Å². The molecule has 3 aromatic carbocycles. The van der Waals surface area contributed by atoms with Gasteiger partial charge in [-0.3, -0.25) is 0 Å². The van der Waals surface area contributed by atoms with Crippen molar-refractivity contribution in [1.82, 2.24) is 0 Å². The molecule has 1 aliphatic rings. The normalized spacial score (nSPS) is 18.0. The number of hydrogen-bond donors (Lipinski definition) is 0. The molecule has 2 nitrogen and oxygen atoms in total. The van der Waals surface area contributed by atoms with Crippen LogP contribution < -0.4 is 0 Å². The quantitative estimate of drug-likeness (QED) is 0.183. The Bertz CT molecular complexity index is 1180. The summed E-state index contributed by atoms with van der Waals surface area (Å²) < 4.78 is 70.0. The third-order valence-corrected chi connectivity index (χ3v) is 6.39. The van der Waals surface area contributed by atoms with Gasteiger partial charge in [0.1, 0.15) is 0 Å². The SMILES string of the molecule is C=CCCCCc1ccc(-c2ccc(-c3ccc(C4COC(C)OC4)c(F)c3F)cc2)c(F)c1F. The second-order valence-electron chi connectivity index (χ2n) is 8.77. The summed E-state index contributed by atoms with van der Waals surface area (Å²) in [6.45, 7) is 5.91. The predicted octanol–water partition coefficient (Wildman–Crippen LogP) is 7.95. The van der Waals surface area contributed by atoms with Crippen molar-refractivity contribution in [2.45, 2.75) is 44.8 Å². The first kappa shape index (κ1) is 25.1. The molecule has 0 saturated carbocycles. The monoisotopic (exact) mass is 484 g/mol. The molecule has 1 fully saturated rings. The standard InChI is InChI=1S/C29H28F4O2/c1-3-4-5-6-7-21-12-13-23(27(31)26(21)30)19-8-10-20(11-9-19)24-14-15-25(29(33)28(24)32)22-16-34-18(2)35-17-22/h3,8-15,18,22H,1,4-7,16-17H2,2H3. The van der Waals surface area contributed by atoms with Gasteiger partial charge in [0.25, 0.3) is 0 Å². The zero-order valence-electron chi connectivity index (χ0n) is 19.6. The molecule has 0 unspecified atom stereocenters. The van der Waals surface area contributed by atoms with Crippen molar-refractivity contribution in [3.05, 3.63) is 95.6 Å².